The number of halogens is 1. The highest BCUT2D eigenvalue weighted by atomic mass is 35.5. The Morgan fingerprint density at radius 1 is 1.44 bits per heavy atom. The summed E-state index contributed by atoms with van der Waals surface area (Å²) >= 11 is 6.00. The van der Waals surface area contributed by atoms with Crippen molar-refractivity contribution in [2.75, 3.05) is 12.4 Å². The highest BCUT2D eigenvalue weighted by molar-refractivity contribution is 6.36. The van der Waals surface area contributed by atoms with Crippen LogP contribution in [0.4, 0.5) is 10.5 Å². The molecule has 1 aromatic carbocycles. The van der Waals surface area contributed by atoms with E-state index in [0.717, 1.165) is 0 Å². The standard InChI is InChI=1S/C11H9ClN2O4/c1-17-10-8(12)6-3-2-5(14-11(13)16)4-7(6)9(15)18-10/h2-4H,1H3,(H3,13,14,16). The zero-order chi connectivity index (χ0) is 13.3. The molecule has 2 rings (SSSR count). The van der Waals surface area contributed by atoms with Gasteiger partial charge in [0.2, 0.25) is 0 Å². The maximum absolute atomic E-state index is 11.7. The lowest BCUT2D eigenvalue weighted by Crippen LogP contribution is -2.19. The second-order valence-corrected chi connectivity index (χ2v) is 3.82. The number of primary amides is 1. The van der Waals surface area contributed by atoms with Crippen LogP contribution in [0.5, 0.6) is 5.95 Å². The van der Waals surface area contributed by atoms with Gasteiger partial charge in [-0.25, -0.2) is 9.59 Å². The summed E-state index contributed by atoms with van der Waals surface area (Å²) in [5.41, 5.74) is 4.75. The van der Waals surface area contributed by atoms with E-state index in [2.05, 4.69) is 5.32 Å². The van der Waals surface area contributed by atoms with E-state index in [1.807, 2.05) is 0 Å². The molecule has 0 bridgehead atoms. The second kappa shape index (κ2) is 4.58. The van der Waals surface area contributed by atoms with E-state index in [9.17, 15) is 9.59 Å². The first kappa shape index (κ1) is 12.3. The minimum Gasteiger partial charge on any atom is -0.467 e. The zero-order valence-electron chi connectivity index (χ0n) is 9.32. The lowest BCUT2D eigenvalue weighted by atomic mass is 10.1. The molecule has 0 spiro atoms. The summed E-state index contributed by atoms with van der Waals surface area (Å²) in [4.78, 5) is 22.4. The smallest absolute Gasteiger partial charge is 0.346 e. The monoisotopic (exact) mass is 268 g/mol. The number of fused-ring (bicyclic) bond motifs is 1. The third kappa shape index (κ3) is 2.10. The molecule has 7 heteroatoms. The van der Waals surface area contributed by atoms with Crippen LogP contribution in [0, 0.1) is 0 Å². The topological polar surface area (TPSA) is 94.6 Å². The van der Waals surface area contributed by atoms with Gasteiger partial charge in [-0.15, -0.1) is 0 Å². The average molecular weight is 269 g/mol. The number of nitrogens with one attached hydrogen (secondary N) is 1. The van der Waals surface area contributed by atoms with E-state index in [1.165, 1.54) is 13.2 Å². The van der Waals surface area contributed by atoms with E-state index in [1.54, 1.807) is 12.1 Å². The number of nitrogens with two attached hydrogens (primary N) is 1. The summed E-state index contributed by atoms with van der Waals surface area (Å²) in [6.45, 7) is 0. The quantitative estimate of drug-likeness (QED) is 0.870. The third-order valence-electron chi connectivity index (χ3n) is 2.29. The summed E-state index contributed by atoms with van der Waals surface area (Å²) in [5.74, 6) is -0.0511. The van der Waals surface area contributed by atoms with Crippen LogP contribution in [0.25, 0.3) is 10.8 Å². The molecule has 1 aromatic heterocycles. The number of carbonyl (C=O) groups is 1. The minimum absolute atomic E-state index is 0.0511. The van der Waals surface area contributed by atoms with Crippen LogP contribution >= 0.6 is 11.6 Å². The van der Waals surface area contributed by atoms with Crippen LogP contribution in [0.2, 0.25) is 5.02 Å². The zero-order valence-corrected chi connectivity index (χ0v) is 10.1. The number of ether oxygens (including phenoxy) is 1. The number of urea groups is 1. The number of amides is 2. The second-order valence-electron chi connectivity index (χ2n) is 3.44. The lowest BCUT2D eigenvalue weighted by Gasteiger charge is -2.06. The Bertz CT molecular complexity index is 681. The first-order chi connectivity index (χ1) is 8.52. The molecule has 0 aliphatic heterocycles. The Labute approximate surface area is 106 Å². The summed E-state index contributed by atoms with van der Waals surface area (Å²) in [6.07, 6.45) is 0. The lowest BCUT2D eigenvalue weighted by molar-refractivity contribution is 0.259. The van der Waals surface area contributed by atoms with Gasteiger partial charge in [0, 0.05) is 11.1 Å². The van der Waals surface area contributed by atoms with Crippen LogP contribution in [-0.2, 0) is 0 Å². The van der Waals surface area contributed by atoms with E-state index in [0.29, 0.717) is 11.1 Å². The Balaban J connectivity index is 2.68. The summed E-state index contributed by atoms with van der Waals surface area (Å²) in [5, 5.41) is 3.25. The summed E-state index contributed by atoms with van der Waals surface area (Å²) in [7, 11) is 1.35. The van der Waals surface area contributed by atoms with Gasteiger partial charge in [-0.1, -0.05) is 17.7 Å². The van der Waals surface area contributed by atoms with Crippen LogP contribution in [-0.4, -0.2) is 13.1 Å². The molecule has 2 amide bonds. The molecule has 0 unspecified atom stereocenters. The van der Waals surface area contributed by atoms with Gasteiger partial charge in [-0.2, -0.15) is 0 Å². The van der Waals surface area contributed by atoms with Crippen molar-refractivity contribution in [3.05, 3.63) is 33.6 Å². The number of rotatable bonds is 2. The van der Waals surface area contributed by atoms with Crippen LogP contribution in [0.3, 0.4) is 0 Å². The fourth-order valence-electron chi connectivity index (χ4n) is 1.55. The van der Waals surface area contributed by atoms with Crippen LogP contribution in [0.15, 0.2) is 27.4 Å². The van der Waals surface area contributed by atoms with Crippen molar-refractivity contribution in [2.24, 2.45) is 5.73 Å². The van der Waals surface area contributed by atoms with Crippen molar-refractivity contribution in [3.63, 3.8) is 0 Å². The molecule has 3 N–H and O–H groups in total. The minimum atomic E-state index is -0.724. The van der Waals surface area contributed by atoms with E-state index < -0.39 is 11.7 Å². The van der Waals surface area contributed by atoms with Crippen molar-refractivity contribution in [2.45, 2.75) is 0 Å². The molecule has 18 heavy (non-hydrogen) atoms. The fourth-order valence-corrected chi connectivity index (χ4v) is 1.83. The maximum atomic E-state index is 11.7. The number of hydrogen-bond acceptors (Lipinski definition) is 4. The first-order valence-corrected chi connectivity index (χ1v) is 5.27. The van der Waals surface area contributed by atoms with Gasteiger partial charge in [0.15, 0.2) is 0 Å². The van der Waals surface area contributed by atoms with Gasteiger partial charge in [-0.05, 0) is 12.1 Å². The molecular formula is C11H9ClN2O4. The molecule has 1 heterocycles. The van der Waals surface area contributed by atoms with E-state index in [-0.39, 0.29) is 16.4 Å². The van der Waals surface area contributed by atoms with Crippen molar-refractivity contribution in [1.29, 1.82) is 0 Å². The number of hydrogen-bond donors (Lipinski definition) is 2. The predicted molar refractivity (Wildman–Crippen MR) is 67.3 cm³/mol. The van der Waals surface area contributed by atoms with Crippen LogP contribution < -0.4 is 21.4 Å². The number of carbonyl (C=O) groups excluding carboxylic acids is 1. The third-order valence-corrected chi connectivity index (χ3v) is 2.65. The molecule has 0 aliphatic carbocycles. The van der Waals surface area contributed by atoms with E-state index >= 15 is 0 Å². The Morgan fingerprint density at radius 3 is 2.78 bits per heavy atom. The SMILES string of the molecule is COc1oc(=O)c2cc(NC(N)=O)ccc2c1Cl. The van der Waals surface area contributed by atoms with Gasteiger partial charge in [0.25, 0.3) is 0 Å². The Kier molecular flexibility index (Phi) is 3.12. The number of methoxy groups -OCH3 is 1. The fraction of sp³-hybridized carbons (Fsp3) is 0.0909. The Hall–Kier alpha value is -2.21. The maximum Gasteiger partial charge on any atom is 0.346 e. The largest absolute Gasteiger partial charge is 0.467 e. The van der Waals surface area contributed by atoms with Gasteiger partial charge in [-0.3, -0.25) is 0 Å². The van der Waals surface area contributed by atoms with Crippen molar-refractivity contribution < 1.29 is 13.9 Å². The molecule has 0 fully saturated rings. The van der Waals surface area contributed by atoms with Crippen molar-refractivity contribution >= 4 is 34.1 Å². The molecule has 0 aliphatic rings. The van der Waals surface area contributed by atoms with Gasteiger partial charge >= 0.3 is 17.6 Å². The van der Waals surface area contributed by atoms with Crippen LogP contribution in [0.1, 0.15) is 0 Å². The molecular weight excluding hydrogens is 260 g/mol. The van der Waals surface area contributed by atoms with Gasteiger partial charge in [0.1, 0.15) is 5.02 Å². The van der Waals surface area contributed by atoms with Gasteiger partial charge in [0.05, 0.1) is 12.5 Å². The summed E-state index contributed by atoms with van der Waals surface area (Å²) in [6, 6.07) is 3.84. The summed E-state index contributed by atoms with van der Waals surface area (Å²) < 4.78 is 9.72. The molecule has 0 saturated heterocycles. The molecule has 0 saturated carbocycles. The first-order valence-electron chi connectivity index (χ1n) is 4.89. The number of anilines is 1. The Morgan fingerprint density at radius 2 is 2.17 bits per heavy atom. The van der Waals surface area contributed by atoms with E-state index in [4.69, 9.17) is 26.5 Å². The highest BCUT2D eigenvalue weighted by Gasteiger charge is 2.13. The van der Waals surface area contributed by atoms with Gasteiger partial charge < -0.3 is 20.2 Å². The van der Waals surface area contributed by atoms with Crippen molar-refractivity contribution in [1.82, 2.24) is 0 Å². The van der Waals surface area contributed by atoms with Crippen molar-refractivity contribution in [3.8, 4) is 5.95 Å². The average Bonchev–Trinajstić information content (AvgIpc) is 2.33. The molecule has 6 nitrogen and oxygen atoms in total. The number of benzene rings is 1. The highest BCUT2D eigenvalue weighted by Crippen LogP contribution is 2.31. The normalized spacial score (nSPS) is 10.3. The molecule has 2 aromatic rings. The molecule has 0 radical (unpaired) electrons. The molecule has 0 atom stereocenters. The predicted octanol–water partition coefficient (Wildman–Crippen LogP) is 1.95. The molecule has 94 valence electrons.